The molecule has 92 valence electrons. The minimum atomic E-state index is -1.06. The molecule has 0 saturated heterocycles. The molecule has 0 radical (unpaired) electrons. The number of pyridine rings is 2. The van der Waals surface area contributed by atoms with E-state index in [9.17, 15) is 9.59 Å². The van der Waals surface area contributed by atoms with E-state index in [1.54, 1.807) is 12.4 Å². The first-order valence-corrected chi connectivity index (χ1v) is 5.89. The van der Waals surface area contributed by atoms with Crippen LogP contribution in [0.5, 0.6) is 0 Å². The zero-order valence-electron chi connectivity index (χ0n) is 9.21. The lowest BCUT2D eigenvalue weighted by Crippen LogP contribution is -2.20. The quantitative estimate of drug-likeness (QED) is 0.937. The predicted molar refractivity (Wildman–Crippen MR) is 68.7 cm³/mol. The number of hydrogen-bond acceptors (Lipinski definition) is 3. The Labute approximate surface area is 111 Å². The van der Waals surface area contributed by atoms with Crippen molar-refractivity contribution in [2.45, 2.75) is 6.54 Å². The van der Waals surface area contributed by atoms with Crippen molar-refractivity contribution < 1.29 is 9.90 Å². The molecule has 2 aromatic heterocycles. The average Bonchev–Trinajstić information content (AvgIpc) is 2.31. The molecule has 0 fully saturated rings. The molecule has 0 aliphatic carbocycles. The standard InChI is InChI=1S/C12H9BrN2O3/c13-10-3-8(4-14-5-10)6-15-7-9(12(17)18)1-2-11(15)16/h1-5,7H,6H2,(H,17,18). The van der Waals surface area contributed by atoms with Crippen molar-refractivity contribution in [3.8, 4) is 0 Å². The highest BCUT2D eigenvalue weighted by molar-refractivity contribution is 9.10. The van der Waals surface area contributed by atoms with Gasteiger partial charge in [-0.2, -0.15) is 0 Å². The van der Waals surface area contributed by atoms with Crippen LogP contribution >= 0.6 is 15.9 Å². The first-order valence-electron chi connectivity index (χ1n) is 5.09. The van der Waals surface area contributed by atoms with Gasteiger partial charge in [0.05, 0.1) is 12.1 Å². The molecule has 0 amide bonds. The molecule has 2 heterocycles. The Hall–Kier alpha value is -1.95. The Morgan fingerprint density at radius 2 is 2.17 bits per heavy atom. The molecule has 1 N–H and O–H groups in total. The third-order valence-corrected chi connectivity index (χ3v) is 2.78. The normalized spacial score (nSPS) is 10.3. The average molecular weight is 309 g/mol. The van der Waals surface area contributed by atoms with E-state index in [0.717, 1.165) is 10.0 Å². The molecule has 0 saturated carbocycles. The minimum absolute atomic E-state index is 0.0811. The molecule has 0 aliphatic rings. The molecule has 6 heteroatoms. The molecular formula is C12H9BrN2O3. The molecule has 0 aliphatic heterocycles. The van der Waals surface area contributed by atoms with Crippen molar-refractivity contribution >= 4 is 21.9 Å². The summed E-state index contributed by atoms with van der Waals surface area (Å²) in [5, 5.41) is 8.88. The van der Waals surface area contributed by atoms with Crippen LogP contribution in [0.2, 0.25) is 0 Å². The summed E-state index contributed by atoms with van der Waals surface area (Å²) in [7, 11) is 0. The zero-order valence-corrected chi connectivity index (χ0v) is 10.8. The molecule has 0 atom stereocenters. The Morgan fingerprint density at radius 1 is 1.39 bits per heavy atom. The molecule has 2 rings (SSSR count). The van der Waals surface area contributed by atoms with Gasteiger partial charge in [-0.3, -0.25) is 9.78 Å². The van der Waals surface area contributed by atoms with E-state index in [1.165, 1.54) is 22.9 Å². The van der Waals surface area contributed by atoms with Crippen molar-refractivity contribution in [3.63, 3.8) is 0 Å². The van der Waals surface area contributed by atoms with Gasteiger partial charge in [0.2, 0.25) is 0 Å². The van der Waals surface area contributed by atoms with Gasteiger partial charge in [0, 0.05) is 29.1 Å². The highest BCUT2D eigenvalue weighted by Gasteiger charge is 2.06. The topological polar surface area (TPSA) is 72.2 Å². The van der Waals surface area contributed by atoms with E-state index in [0.29, 0.717) is 0 Å². The number of nitrogens with zero attached hydrogens (tertiary/aromatic N) is 2. The van der Waals surface area contributed by atoms with Crippen LogP contribution in [0, 0.1) is 0 Å². The number of rotatable bonds is 3. The summed E-state index contributed by atoms with van der Waals surface area (Å²) < 4.78 is 2.15. The van der Waals surface area contributed by atoms with Gasteiger partial charge in [0.1, 0.15) is 0 Å². The number of halogens is 1. The van der Waals surface area contributed by atoms with Crippen molar-refractivity contribution in [3.05, 3.63) is 62.7 Å². The van der Waals surface area contributed by atoms with E-state index in [4.69, 9.17) is 5.11 Å². The molecule has 0 spiro atoms. The van der Waals surface area contributed by atoms with Crippen LogP contribution in [0.15, 0.2) is 46.1 Å². The minimum Gasteiger partial charge on any atom is -0.478 e. The maximum Gasteiger partial charge on any atom is 0.337 e. The maximum atomic E-state index is 11.6. The molecule has 18 heavy (non-hydrogen) atoms. The summed E-state index contributed by atoms with van der Waals surface area (Å²) in [5.41, 5.74) is 0.645. The van der Waals surface area contributed by atoms with Gasteiger partial charge in [-0.1, -0.05) is 0 Å². The molecule has 2 aromatic rings. The number of carboxylic acid groups (broad SMARTS) is 1. The summed E-state index contributed by atoms with van der Waals surface area (Å²) in [4.78, 5) is 26.4. The Morgan fingerprint density at radius 3 is 2.83 bits per heavy atom. The third kappa shape index (κ3) is 2.84. The first-order chi connectivity index (χ1) is 8.56. The van der Waals surface area contributed by atoms with Crippen LogP contribution in [0.4, 0.5) is 0 Å². The lowest BCUT2D eigenvalue weighted by atomic mass is 10.2. The first kappa shape index (κ1) is 12.5. The van der Waals surface area contributed by atoms with E-state index in [-0.39, 0.29) is 17.7 Å². The van der Waals surface area contributed by atoms with Crippen LogP contribution < -0.4 is 5.56 Å². The van der Waals surface area contributed by atoms with Gasteiger partial charge in [-0.15, -0.1) is 0 Å². The predicted octanol–water partition coefficient (Wildman–Crippen LogP) is 1.75. The smallest absolute Gasteiger partial charge is 0.337 e. The van der Waals surface area contributed by atoms with Gasteiger partial charge >= 0.3 is 5.97 Å². The fourth-order valence-corrected chi connectivity index (χ4v) is 1.93. The monoisotopic (exact) mass is 308 g/mol. The zero-order chi connectivity index (χ0) is 13.1. The number of hydrogen-bond donors (Lipinski definition) is 1. The van der Waals surface area contributed by atoms with Crippen LogP contribution in [0.1, 0.15) is 15.9 Å². The highest BCUT2D eigenvalue weighted by atomic mass is 79.9. The van der Waals surface area contributed by atoms with Crippen LogP contribution in [0.3, 0.4) is 0 Å². The lowest BCUT2D eigenvalue weighted by Gasteiger charge is -2.06. The summed E-state index contributed by atoms with van der Waals surface area (Å²) in [6.45, 7) is 0.284. The number of aromatic nitrogens is 2. The fourth-order valence-electron chi connectivity index (χ4n) is 1.52. The van der Waals surface area contributed by atoms with Crippen LogP contribution in [-0.2, 0) is 6.54 Å². The second-order valence-electron chi connectivity index (χ2n) is 3.70. The van der Waals surface area contributed by atoms with E-state index < -0.39 is 5.97 Å². The van der Waals surface area contributed by atoms with E-state index in [1.807, 2.05) is 6.07 Å². The van der Waals surface area contributed by atoms with Crippen molar-refractivity contribution in [1.29, 1.82) is 0 Å². The maximum absolute atomic E-state index is 11.6. The second-order valence-corrected chi connectivity index (χ2v) is 4.62. The van der Waals surface area contributed by atoms with Crippen molar-refractivity contribution in [2.75, 3.05) is 0 Å². The van der Waals surface area contributed by atoms with E-state index in [2.05, 4.69) is 20.9 Å². The lowest BCUT2D eigenvalue weighted by molar-refractivity contribution is 0.0696. The summed E-state index contributed by atoms with van der Waals surface area (Å²) in [6, 6.07) is 4.36. The van der Waals surface area contributed by atoms with Gasteiger partial charge in [0.15, 0.2) is 0 Å². The summed E-state index contributed by atoms with van der Waals surface area (Å²) in [5.74, 6) is -1.06. The largest absolute Gasteiger partial charge is 0.478 e. The number of carbonyl (C=O) groups is 1. The molecule has 0 aromatic carbocycles. The molecule has 5 nitrogen and oxygen atoms in total. The number of aromatic carboxylic acids is 1. The Balaban J connectivity index is 2.37. The third-order valence-electron chi connectivity index (χ3n) is 2.34. The Bertz CT molecular complexity index is 652. The van der Waals surface area contributed by atoms with Crippen LogP contribution in [0.25, 0.3) is 0 Å². The van der Waals surface area contributed by atoms with Gasteiger partial charge in [-0.25, -0.2) is 4.79 Å². The molecular weight excluding hydrogens is 300 g/mol. The van der Waals surface area contributed by atoms with E-state index >= 15 is 0 Å². The summed E-state index contributed by atoms with van der Waals surface area (Å²) >= 11 is 3.29. The summed E-state index contributed by atoms with van der Waals surface area (Å²) in [6.07, 6.45) is 4.59. The Kier molecular flexibility index (Phi) is 3.57. The molecule has 0 bridgehead atoms. The van der Waals surface area contributed by atoms with Crippen molar-refractivity contribution in [2.24, 2.45) is 0 Å². The van der Waals surface area contributed by atoms with Gasteiger partial charge < -0.3 is 9.67 Å². The number of carboxylic acids is 1. The highest BCUT2D eigenvalue weighted by Crippen LogP contribution is 2.10. The second kappa shape index (κ2) is 5.14. The SMILES string of the molecule is O=C(O)c1ccc(=O)n(Cc2cncc(Br)c2)c1. The van der Waals surface area contributed by atoms with Gasteiger partial charge in [-0.05, 0) is 33.6 Å². The van der Waals surface area contributed by atoms with Gasteiger partial charge in [0.25, 0.3) is 5.56 Å². The van der Waals surface area contributed by atoms with Crippen molar-refractivity contribution in [1.82, 2.24) is 9.55 Å². The fraction of sp³-hybridized carbons (Fsp3) is 0.0833. The molecule has 0 unspecified atom stereocenters. The van der Waals surface area contributed by atoms with Crippen LogP contribution in [-0.4, -0.2) is 20.6 Å².